The molecule has 15 heavy (non-hydrogen) atoms. The van der Waals surface area contributed by atoms with Crippen molar-refractivity contribution in [1.82, 2.24) is 0 Å². The van der Waals surface area contributed by atoms with Crippen LogP contribution >= 0.6 is 0 Å². The van der Waals surface area contributed by atoms with Crippen LogP contribution in [0.2, 0.25) is 8.87 Å². The number of hydrogen-bond acceptors (Lipinski definition) is 4. The van der Waals surface area contributed by atoms with Crippen molar-refractivity contribution in [2.75, 3.05) is 14.2 Å². The fraction of sp³-hybridized carbons (Fsp3) is 0.800. The number of hydrogen-bond donors (Lipinski definition) is 0. The van der Waals surface area contributed by atoms with Gasteiger partial charge in [-0.3, -0.25) is 0 Å². The van der Waals surface area contributed by atoms with Gasteiger partial charge < -0.3 is 0 Å². The van der Waals surface area contributed by atoms with Crippen molar-refractivity contribution in [1.29, 1.82) is 0 Å². The normalized spacial score (nSPS) is 14.1. The maximum atomic E-state index is 11.1. The van der Waals surface area contributed by atoms with E-state index in [0.717, 1.165) is 8.87 Å². The maximum absolute atomic E-state index is 11.1. The van der Waals surface area contributed by atoms with Crippen LogP contribution in [0.1, 0.15) is 13.8 Å². The average Bonchev–Trinajstić information content (AvgIpc) is 2.26. The van der Waals surface area contributed by atoms with Gasteiger partial charge in [0.1, 0.15) is 0 Å². The first kappa shape index (κ1) is 14.7. The molecule has 0 spiro atoms. The minimum absolute atomic E-state index is 0.0218. The van der Waals surface area contributed by atoms with E-state index in [1.165, 1.54) is 14.2 Å². The Morgan fingerprint density at radius 2 is 1.33 bits per heavy atom. The molecule has 0 bridgehead atoms. The van der Waals surface area contributed by atoms with Gasteiger partial charge in [0.15, 0.2) is 0 Å². The molecule has 0 amide bonds. The molecule has 0 N–H and O–H groups in total. The summed E-state index contributed by atoms with van der Waals surface area (Å²) in [5.41, 5.74) is 0. The van der Waals surface area contributed by atoms with Gasteiger partial charge in [-0.15, -0.1) is 0 Å². The Balaban J connectivity index is 3.70. The van der Waals surface area contributed by atoms with Crippen LogP contribution in [0, 0.1) is 11.8 Å². The molecule has 86 valence electrons. The average molecular weight is 321 g/mol. The predicted molar refractivity (Wildman–Crippen MR) is 57.7 cm³/mol. The third-order valence-corrected chi connectivity index (χ3v) is 7.25. The Hall–Kier alpha value is -0.261. The summed E-state index contributed by atoms with van der Waals surface area (Å²) in [6, 6.07) is 0. The second-order valence-corrected chi connectivity index (χ2v) is 7.26. The Morgan fingerprint density at radius 1 is 1.00 bits per heavy atom. The van der Waals surface area contributed by atoms with Crippen molar-refractivity contribution in [2.24, 2.45) is 11.8 Å². The number of ether oxygens (including phenoxy) is 2. The molecule has 2 atom stereocenters. The Morgan fingerprint density at radius 3 is 1.60 bits per heavy atom. The molecule has 0 heterocycles. The number of carbonyl (C=O) groups is 2. The van der Waals surface area contributed by atoms with E-state index in [-0.39, 0.29) is 23.8 Å². The van der Waals surface area contributed by atoms with Crippen molar-refractivity contribution in [3.8, 4) is 0 Å². The summed E-state index contributed by atoms with van der Waals surface area (Å²) in [5.74, 6) is -0.346. The van der Waals surface area contributed by atoms with Crippen LogP contribution in [-0.2, 0) is 19.1 Å². The third kappa shape index (κ3) is 6.02. The quantitative estimate of drug-likeness (QED) is 0.544. The zero-order valence-electron chi connectivity index (χ0n) is 9.70. The molecule has 0 fully saturated rings. The fourth-order valence-corrected chi connectivity index (χ4v) is 4.98. The molecule has 4 nitrogen and oxygen atoms in total. The molecule has 2 unspecified atom stereocenters. The molecule has 0 aliphatic carbocycles. The number of rotatable bonds is 6. The molecule has 0 aromatic heterocycles. The van der Waals surface area contributed by atoms with E-state index in [1.807, 2.05) is 13.8 Å². The van der Waals surface area contributed by atoms with Crippen LogP contribution in [0.25, 0.3) is 0 Å². The molecule has 0 aromatic rings. The van der Waals surface area contributed by atoms with Crippen LogP contribution in [-0.4, -0.2) is 47.3 Å². The third-order valence-electron chi connectivity index (χ3n) is 2.11. The molecule has 2 radical (unpaired) electrons. The minimum atomic E-state index is -0.662. The van der Waals surface area contributed by atoms with Crippen LogP contribution in [0.3, 0.4) is 0 Å². The topological polar surface area (TPSA) is 52.6 Å². The van der Waals surface area contributed by atoms with Crippen molar-refractivity contribution in [3.05, 3.63) is 0 Å². The molecule has 5 heteroatoms. The Labute approximate surface area is 101 Å². The molecule has 0 rings (SSSR count). The monoisotopic (exact) mass is 322 g/mol. The molecule has 0 aliphatic rings. The number of methoxy groups -OCH3 is 2. The van der Waals surface area contributed by atoms with Gasteiger partial charge in [0.25, 0.3) is 0 Å². The van der Waals surface area contributed by atoms with Crippen molar-refractivity contribution in [3.63, 3.8) is 0 Å². The van der Waals surface area contributed by atoms with Crippen molar-refractivity contribution in [2.45, 2.75) is 22.7 Å². The Bertz CT molecular complexity index is 195. The first-order valence-corrected chi connectivity index (χ1v) is 8.92. The summed E-state index contributed by atoms with van der Waals surface area (Å²) in [6.45, 7) is 3.74. The van der Waals surface area contributed by atoms with E-state index in [2.05, 4.69) is 9.47 Å². The van der Waals surface area contributed by atoms with Gasteiger partial charge in [0.05, 0.1) is 0 Å². The summed E-state index contributed by atoms with van der Waals surface area (Å²) in [5, 5.41) is 0. The second-order valence-electron chi connectivity index (χ2n) is 3.51. The van der Waals surface area contributed by atoms with Crippen molar-refractivity contribution < 1.29 is 19.1 Å². The molecule has 0 aromatic carbocycles. The number of esters is 2. The zero-order valence-corrected chi connectivity index (χ0v) is 12.6. The van der Waals surface area contributed by atoms with Crippen LogP contribution in [0.5, 0.6) is 0 Å². The SMILES string of the molecule is COC(=O)C(C)[CH2][Sn][CH2]C(C)C(=O)OC. The molecule has 0 saturated carbocycles. The van der Waals surface area contributed by atoms with Crippen LogP contribution in [0.4, 0.5) is 0 Å². The predicted octanol–water partition coefficient (Wildman–Crippen LogP) is 1.15. The molecular weight excluding hydrogens is 303 g/mol. The van der Waals surface area contributed by atoms with E-state index < -0.39 is 21.1 Å². The summed E-state index contributed by atoms with van der Waals surface area (Å²) in [4.78, 5) is 22.2. The summed E-state index contributed by atoms with van der Waals surface area (Å²) in [7, 11) is 2.81. The van der Waals surface area contributed by atoms with Gasteiger partial charge in [-0.1, -0.05) is 0 Å². The molecular formula is C10H18O4Sn. The molecule has 0 saturated heterocycles. The standard InChI is InChI=1S/2C5H9O2.Sn/c2*1-4(2)5(6)7-3;/h2*4H,1H2,2-3H3;. The van der Waals surface area contributed by atoms with Crippen LogP contribution in [0.15, 0.2) is 0 Å². The van der Waals surface area contributed by atoms with Gasteiger partial charge >= 0.3 is 101 Å². The molecule has 0 aliphatic heterocycles. The van der Waals surface area contributed by atoms with Crippen molar-refractivity contribution >= 4 is 33.1 Å². The Kier molecular flexibility index (Phi) is 7.82. The zero-order chi connectivity index (χ0) is 11.8. The summed E-state index contributed by atoms with van der Waals surface area (Å²) >= 11 is -0.662. The number of carbonyl (C=O) groups excluding carboxylic acids is 2. The fourth-order valence-electron chi connectivity index (χ4n) is 1.09. The van der Waals surface area contributed by atoms with E-state index in [0.29, 0.717) is 0 Å². The second kappa shape index (κ2) is 7.96. The first-order chi connectivity index (χ1) is 7.02. The summed E-state index contributed by atoms with van der Waals surface area (Å²) in [6.07, 6.45) is 0. The van der Waals surface area contributed by atoms with Gasteiger partial charge in [-0.2, -0.15) is 0 Å². The van der Waals surface area contributed by atoms with E-state index in [9.17, 15) is 9.59 Å². The first-order valence-electron chi connectivity index (χ1n) is 4.89. The van der Waals surface area contributed by atoms with Gasteiger partial charge in [0, 0.05) is 0 Å². The summed E-state index contributed by atoms with van der Waals surface area (Å²) < 4.78 is 11.1. The van der Waals surface area contributed by atoms with E-state index in [1.54, 1.807) is 0 Å². The van der Waals surface area contributed by atoms with E-state index in [4.69, 9.17) is 0 Å². The van der Waals surface area contributed by atoms with E-state index >= 15 is 0 Å². The van der Waals surface area contributed by atoms with Gasteiger partial charge in [0.2, 0.25) is 0 Å². The van der Waals surface area contributed by atoms with Gasteiger partial charge in [-0.05, 0) is 0 Å². The van der Waals surface area contributed by atoms with Gasteiger partial charge in [-0.25, -0.2) is 0 Å². The van der Waals surface area contributed by atoms with Crippen LogP contribution < -0.4 is 0 Å².